The Morgan fingerprint density at radius 1 is 1.31 bits per heavy atom. The molecule has 1 aromatic carbocycles. The number of cyclic esters (lactones) is 1. The molecular formula is C21H33N3O2. The predicted molar refractivity (Wildman–Crippen MR) is 105 cm³/mol. The van der Waals surface area contributed by atoms with E-state index in [0.29, 0.717) is 0 Å². The maximum Gasteiger partial charge on any atom is 0.309 e. The van der Waals surface area contributed by atoms with Gasteiger partial charge in [0.1, 0.15) is 6.10 Å². The van der Waals surface area contributed by atoms with E-state index in [4.69, 9.17) is 10.5 Å². The van der Waals surface area contributed by atoms with Crippen molar-refractivity contribution in [2.75, 3.05) is 31.1 Å². The molecule has 1 aromatic rings. The van der Waals surface area contributed by atoms with Crippen LogP contribution in [-0.2, 0) is 9.53 Å². The SMILES string of the molecule is CC[C@@H]1C[C@@H]([C@@H](N)CN2CCN(c3ccccc3C)CC2(C)C)OC1=O. The zero-order valence-corrected chi connectivity index (χ0v) is 16.6. The van der Waals surface area contributed by atoms with E-state index >= 15 is 0 Å². The lowest BCUT2D eigenvalue weighted by atomic mass is 9.94. The first-order valence-corrected chi connectivity index (χ1v) is 9.83. The smallest absolute Gasteiger partial charge is 0.309 e. The Bertz CT molecular complexity index is 646. The number of hydrogen-bond donors (Lipinski definition) is 1. The van der Waals surface area contributed by atoms with Gasteiger partial charge in [0.05, 0.1) is 12.0 Å². The Balaban J connectivity index is 1.62. The molecular weight excluding hydrogens is 326 g/mol. The molecule has 2 aliphatic heterocycles. The maximum atomic E-state index is 11.9. The summed E-state index contributed by atoms with van der Waals surface area (Å²) in [6.07, 6.45) is 1.46. The fraction of sp³-hybridized carbons (Fsp3) is 0.667. The molecule has 0 bridgehead atoms. The highest BCUT2D eigenvalue weighted by Gasteiger charge is 2.40. The third kappa shape index (κ3) is 3.89. The maximum absolute atomic E-state index is 11.9. The molecule has 0 aliphatic carbocycles. The van der Waals surface area contributed by atoms with Gasteiger partial charge in [-0.1, -0.05) is 25.1 Å². The zero-order valence-electron chi connectivity index (χ0n) is 16.6. The van der Waals surface area contributed by atoms with Crippen molar-refractivity contribution in [3.63, 3.8) is 0 Å². The van der Waals surface area contributed by atoms with Crippen molar-refractivity contribution in [3.8, 4) is 0 Å². The van der Waals surface area contributed by atoms with Gasteiger partial charge in [-0.05, 0) is 45.2 Å². The highest BCUT2D eigenvalue weighted by atomic mass is 16.6. The summed E-state index contributed by atoms with van der Waals surface area (Å²) in [4.78, 5) is 16.8. The van der Waals surface area contributed by atoms with Gasteiger partial charge in [-0.3, -0.25) is 9.69 Å². The van der Waals surface area contributed by atoms with Crippen LogP contribution in [0.4, 0.5) is 5.69 Å². The molecule has 2 aliphatic rings. The monoisotopic (exact) mass is 359 g/mol. The second kappa shape index (κ2) is 7.57. The Hall–Kier alpha value is -1.59. The summed E-state index contributed by atoms with van der Waals surface area (Å²) in [5.41, 5.74) is 9.10. The highest BCUT2D eigenvalue weighted by Crippen LogP contribution is 2.30. The summed E-state index contributed by atoms with van der Waals surface area (Å²) in [6, 6.07) is 8.45. The van der Waals surface area contributed by atoms with Crippen molar-refractivity contribution < 1.29 is 9.53 Å². The summed E-state index contributed by atoms with van der Waals surface area (Å²) >= 11 is 0. The van der Waals surface area contributed by atoms with Crippen LogP contribution in [-0.4, -0.2) is 54.7 Å². The molecule has 2 N–H and O–H groups in total. The highest BCUT2D eigenvalue weighted by molar-refractivity contribution is 5.74. The minimum atomic E-state index is -0.141. The Morgan fingerprint density at radius 2 is 2.04 bits per heavy atom. The number of anilines is 1. The average Bonchev–Trinajstić information content (AvgIpc) is 2.98. The molecule has 2 saturated heterocycles. The van der Waals surface area contributed by atoms with Crippen LogP contribution in [0.25, 0.3) is 0 Å². The quantitative estimate of drug-likeness (QED) is 0.819. The summed E-state index contributed by atoms with van der Waals surface area (Å²) in [7, 11) is 0. The molecule has 0 spiro atoms. The van der Waals surface area contributed by atoms with Crippen LogP contribution in [0.3, 0.4) is 0 Å². The summed E-state index contributed by atoms with van der Waals surface area (Å²) < 4.78 is 5.54. The van der Waals surface area contributed by atoms with Crippen molar-refractivity contribution in [1.29, 1.82) is 0 Å². The minimum Gasteiger partial charge on any atom is -0.460 e. The molecule has 2 fully saturated rings. The Labute approximate surface area is 157 Å². The van der Waals surface area contributed by atoms with Crippen LogP contribution in [0.1, 0.15) is 39.2 Å². The van der Waals surface area contributed by atoms with Gasteiger partial charge in [-0.15, -0.1) is 0 Å². The molecule has 5 heteroatoms. The van der Waals surface area contributed by atoms with E-state index in [1.54, 1.807) is 0 Å². The van der Waals surface area contributed by atoms with Gasteiger partial charge in [-0.25, -0.2) is 0 Å². The molecule has 144 valence electrons. The number of hydrogen-bond acceptors (Lipinski definition) is 5. The van der Waals surface area contributed by atoms with Crippen molar-refractivity contribution in [2.45, 2.75) is 58.2 Å². The molecule has 0 amide bonds. The third-order valence-corrected chi connectivity index (χ3v) is 6.05. The van der Waals surface area contributed by atoms with Gasteiger partial charge in [0.2, 0.25) is 0 Å². The Morgan fingerprint density at radius 3 is 2.65 bits per heavy atom. The Kier molecular flexibility index (Phi) is 5.58. The number of nitrogens with two attached hydrogens (primary N) is 1. The van der Waals surface area contributed by atoms with Crippen molar-refractivity contribution in [1.82, 2.24) is 4.90 Å². The molecule has 0 saturated carbocycles. The van der Waals surface area contributed by atoms with E-state index in [1.165, 1.54) is 11.3 Å². The van der Waals surface area contributed by atoms with Gasteiger partial charge in [0, 0.05) is 37.4 Å². The number of piperazine rings is 1. The minimum absolute atomic E-state index is 0.0188. The number of carbonyl (C=O) groups is 1. The predicted octanol–water partition coefficient (Wildman–Crippen LogP) is 2.56. The van der Waals surface area contributed by atoms with Crippen LogP contribution >= 0.6 is 0 Å². The second-order valence-corrected chi connectivity index (χ2v) is 8.45. The number of carbonyl (C=O) groups excluding carboxylic acids is 1. The molecule has 3 rings (SSSR count). The number of esters is 1. The fourth-order valence-electron chi connectivity index (χ4n) is 4.29. The van der Waals surface area contributed by atoms with Crippen LogP contribution in [0.15, 0.2) is 24.3 Å². The number of benzene rings is 1. The van der Waals surface area contributed by atoms with Gasteiger partial charge in [-0.2, -0.15) is 0 Å². The van der Waals surface area contributed by atoms with E-state index in [2.05, 4.69) is 54.8 Å². The number of ether oxygens (including phenoxy) is 1. The average molecular weight is 360 g/mol. The lowest BCUT2D eigenvalue weighted by Crippen LogP contribution is -2.62. The fourth-order valence-corrected chi connectivity index (χ4v) is 4.29. The van der Waals surface area contributed by atoms with E-state index in [0.717, 1.165) is 39.0 Å². The number of rotatable bonds is 5. The van der Waals surface area contributed by atoms with Gasteiger partial charge >= 0.3 is 5.97 Å². The molecule has 5 nitrogen and oxygen atoms in total. The van der Waals surface area contributed by atoms with Gasteiger partial charge in [0.15, 0.2) is 0 Å². The first-order valence-electron chi connectivity index (χ1n) is 9.83. The molecule has 0 radical (unpaired) electrons. The first-order chi connectivity index (χ1) is 12.3. The van der Waals surface area contributed by atoms with E-state index in [-0.39, 0.29) is 29.6 Å². The number of nitrogens with zero attached hydrogens (tertiary/aromatic N) is 2. The number of para-hydroxylation sites is 1. The van der Waals surface area contributed by atoms with Crippen LogP contribution in [0, 0.1) is 12.8 Å². The summed E-state index contributed by atoms with van der Waals surface area (Å²) in [5, 5.41) is 0. The zero-order chi connectivity index (χ0) is 18.9. The second-order valence-electron chi connectivity index (χ2n) is 8.45. The van der Waals surface area contributed by atoms with Crippen LogP contribution < -0.4 is 10.6 Å². The van der Waals surface area contributed by atoms with E-state index in [1.807, 2.05) is 6.92 Å². The normalized spacial score (nSPS) is 27.4. The molecule has 0 unspecified atom stereocenters. The van der Waals surface area contributed by atoms with Gasteiger partial charge in [0.25, 0.3) is 0 Å². The number of aryl methyl sites for hydroxylation is 1. The van der Waals surface area contributed by atoms with Gasteiger partial charge < -0.3 is 15.4 Å². The molecule has 3 atom stereocenters. The summed E-state index contributed by atoms with van der Waals surface area (Å²) in [5.74, 6) is -0.0476. The van der Waals surface area contributed by atoms with E-state index < -0.39 is 0 Å². The van der Waals surface area contributed by atoms with Crippen molar-refractivity contribution >= 4 is 11.7 Å². The third-order valence-electron chi connectivity index (χ3n) is 6.05. The van der Waals surface area contributed by atoms with Crippen molar-refractivity contribution in [3.05, 3.63) is 29.8 Å². The largest absolute Gasteiger partial charge is 0.460 e. The van der Waals surface area contributed by atoms with Crippen molar-refractivity contribution in [2.24, 2.45) is 11.7 Å². The lowest BCUT2D eigenvalue weighted by molar-refractivity contribution is -0.145. The standard InChI is InChI=1S/C21H33N3O2/c1-5-16-12-19(26-20(16)25)17(22)13-24-11-10-23(14-21(24,3)4)18-9-7-6-8-15(18)2/h6-9,16-17,19H,5,10-14,22H2,1-4H3/t16-,17+,19+/m1/s1. The van der Waals surface area contributed by atoms with E-state index in [9.17, 15) is 4.79 Å². The molecule has 0 aromatic heterocycles. The first kappa shape index (κ1) is 19.2. The molecule has 2 heterocycles. The molecule has 26 heavy (non-hydrogen) atoms. The lowest BCUT2D eigenvalue weighted by Gasteiger charge is -2.49. The summed E-state index contributed by atoms with van der Waals surface area (Å²) in [6.45, 7) is 12.4. The topological polar surface area (TPSA) is 58.8 Å². The van der Waals surface area contributed by atoms with Crippen LogP contribution in [0.2, 0.25) is 0 Å². The van der Waals surface area contributed by atoms with Crippen LogP contribution in [0.5, 0.6) is 0 Å².